The maximum absolute atomic E-state index is 13.9. The van der Waals surface area contributed by atoms with Crippen molar-refractivity contribution in [2.45, 2.75) is 44.7 Å². The summed E-state index contributed by atoms with van der Waals surface area (Å²) in [4.78, 5) is 28.2. The molecule has 1 unspecified atom stereocenters. The van der Waals surface area contributed by atoms with E-state index in [1.807, 2.05) is 38.1 Å². The summed E-state index contributed by atoms with van der Waals surface area (Å²) >= 11 is 6.33. The van der Waals surface area contributed by atoms with Crippen LogP contribution in [0.1, 0.15) is 31.4 Å². The van der Waals surface area contributed by atoms with Crippen molar-refractivity contribution < 1.29 is 22.7 Å². The topological polar surface area (TPSA) is 96.0 Å². The van der Waals surface area contributed by atoms with Gasteiger partial charge >= 0.3 is 0 Å². The molecule has 1 atom stereocenters. The van der Waals surface area contributed by atoms with Crippen LogP contribution in [0.5, 0.6) is 5.75 Å². The number of sulfonamides is 1. The van der Waals surface area contributed by atoms with Gasteiger partial charge in [0.05, 0.1) is 22.7 Å². The molecular formula is C29H34ClN3O5S. The first kappa shape index (κ1) is 30.0. The second-order valence-electron chi connectivity index (χ2n) is 9.12. The molecule has 3 rings (SSSR count). The highest BCUT2D eigenvalue weighted by atomic mass is 35.5. The molecule has 0 fully saturated rings. The Balaban J connectivity index is 2.03. The first-order valence-electron chi connectivity index (χ1n) is 12.6. The SMILES string of the molecule is CCCNC(=O)C(C)N(Cc1ccc(C)cc1)C(=O)CN(c1ccc(OC)c(Cl)c1)S(=O)(=O)c1ccccc1. The van der Waals surface area contributed by atoms with Gasteiger partial charge in [0, 0.05) is 13.1 Å². The number of carbonyl (C=O) groups excluding carboxylic acids is 2. The minimum atomic E-state index is -4.17. The Bertz CT molecular complexity index is 1380. The summed E-state index contributed by atoms with van der Waals surface area (Å²) in [5.41, 5.74) is 2.06. The molecule has 3 aromatic rings. The third kappa shape index (κ3) is 7.52. The fourth-order valence-electron chi connectivity index (χ4n) is 3.93. The third-order valence-corrected chi connectivity index (χ3v) is 8.31. The number of aryl methyl sites for hydroxylation is 1. The highest BCUT2D eigenvalue weighted by Crippen LogP contribution is 2.32. The van der Waals surface area contributed by atoms with Gasteiger partial charge in [-0.3, -0.25) is 13.9 Å². The lowest BCUT2D eigenvalue weighted by molar-refractivity contribution is -0.139. The van der Waals surface area contributed by atoms with Gasteiger partial charge in [-0.05, 0) is 56.2 Å². The summed E-state index contributed by atoms with van der Waals surface area (Å²) < 4.78 is 33.8. The summed E-state index contributed by atoms with van der Waals surface area (Å²) in [6, 6.07) is 19.1. The average Bonchev–Trinajstić information content (AvgIpc) is 2.94. The fraction of sp³-hybridized carbons (Fsp3) is 0.310. The molecule has 0 aliphatic rings. The molecule has 208 valence electrons. The summed E-state index contributed by atoms with van der Waals surface area (Å²) in [5, 5.41) is 3.02. The number of carbonyl (C=O) groups is 2. The molecule has 0 spiro atoms. The number of rotatable bonds is 12. The third-order valence-electron chi connectivity index (χ3n) is 6.22. The lowest BCUT2D eigenvalue weighted by Crippen LogP contribution is -2.51. The zero-order valence-electron chi connectivity index (χ0n) is 22.6. The van der Waals surface area contributed by atoms with Gasteiger partial charge < -0.3 is 15.0 Å². The predicted molar refractivity (Wildman–Crippen MR) is 153 cm³/mol. The molecule has 0 heterocycles. The van der Waals surface area contributed by atoms with E-state index in [2.05, 4.69) is 5.32 Å². The van der Waals surface area contributed by atoms with Gasteiger partial charge in [-0.1, -0.05) is 66.6 Å². The van der Waals surface area contributed by atoms with Crippen LogP contribution in [0, 0.1) is 6.92 Å². The van der Waals surface area contributed by atoms with Crippen molar-refractivity contribution in [2.24, 2.45) is 0 Å². The van der Waals surface area contributed by atoms with Gasteiger partial charge in [0.1, 0.15) is 18.3 Å². The molecule has 10 heteroatoms. The zero-order chi connectivity index (χ0) is 28.6. The van der Waals surface area contributed by atoms with Gasteiger partial charge in [-0.25, -0.2) is 8.42 Å². The standard InChI is InChI=1S/C29H34ClN3O5S/c1-5-17-31-29(35)22(3)32(19-23-13-11-21(2)12-14-23)28(34)20-33(24-15-16-27(38-4)26(30)18-24)39(36,37)25-9-7-6-8-10-25/h6-16,18,22H,5,17,19-20H2,1-4H3,(H,31,35). The molecule has 3 aromatic carbocycles. The van der Waals surface area contributed by atoms with Crippen LogP contribution >= 0.6 is 11.6 Å². The van der Waals surface area contributed by atoms with Crippen LogP contribution in [0.4, 0.5) is 5.69 Å². The van der Waals surface area contributed by atoms with E-state index in [-0.39, 0.29) is 28.1 Å². The number of hydrogen-bond donors (Lipinski definition) is 1. The Morgan fingerprint density at radius 2 is 1.69 bits per heavy atom. The van der Waals surface area contributed by atoms with Gasteiger partial charge in [0.25, 0.3) is 10.0 Å². The Kier molecular flexibility index (Phi) is 10.4. The van der Waals surface area contributed by atoms with Crippen molar-refractivity contribution in [1.82, 2.24) is 10.2 Å². The quantitative estimate of drug-likeness (QED) is 0.337. The van der Waals surface area contributed by atoms with E-state index in [1.54, 1.807) is 31.2 Å². The largest absolute Gasteiger partial charge is 0.495 e. The number of hydrogen-bond acceptors (Lipinski definition) is 5. The van der Waals surface area contributed by atoms with Crippen molar-refractivity contribution in [1.29, 1.82) is 0 Å². The van der Waals surface area contributed by atoms with Gasteiger partial charge in [0.2, 0.25) is 11.8 Å². The summed E-state index contributed by atoms with van der Waals surface area (Å²) in [5.74, 6) is -0.491. The second-order valence-corrected chi connectivity index (χ2v) is 11.4. The van der Waals surface area contributed by atoms with Gasteiger partial charge in [-0.2, -0.15) is 0 Å². The molecule has 0 aliphatic heterocycles. The van der Waals surface area contributed by atoms with Gasteiger partial charge in [0.15, 0.2) is 0 Å². The van der Waals surface area contributed by atoms with Crippen molar-refractivity contribution >= 4 is 39.1 Å². The first-order valence-corrected chi connectivity index (χ1v) is 14.4. The lowest BCUT2D eigenvalue weighted by Gasteiger charge is -2.32. The zero-order valence-corrected chi connectivity index (χ0v) is 24.1. The average molecular weight is 572 g/mol. The highest BCUT2D eigenvalue weighted by Gasteiger charge is 2.32. The minimum absolute atomic E-state index is 0.0172. The predicted octanol–water partition coefficient (Wildman–Crippen LogP) is 4.80. The molecule has 0 bridgehead atoms. The van der Waals surface area contributed by atoms with E-state index in [0.717, 1.165) is 21.9 Å². The van der Waals surface area contributed by atoms with Crippen LogP contribution in [0.3, 0.4) is 0 Å². The van der Waals surface area contributed by atoms with Crippen molar-refractivity contribution in [3.05, 3.63) is 88.9 Å². The summed E-state index contributed by atoms with van der Waals surface area (Å²) in [6.07, 6.45) is 0.742. The maximum Gasteiger partial charge on any atom is 0.264 e. The van der Waals surface area contributed by atoms with Crippen LogP contribution < -0.4 is 14.4 Å². The molecular weight excluding hydrogens is 538 g/mol. The molecule has 0 radical (unpaired) electrons. The van der Waals surface area contributed by atoms with Crippen molar-refractivity contribution in [3.63, 3.8) is 0 Å². The number of nitrogens with zero attached hydrogens (tertiary/aromatic N) is 2. The maximum atomic E-state index is 13.9. The molecule has 0 aliphatic carbocycles. The summed E-state index contributed by atoms with van der Waals surface area (Å²) in [6.45, 7) is 5.58. The van der Waals surface area contributed by atoms with Crippen molar-refractivity contribution in [2.75, 3.05) is 24.5 Å². The molecule has 0 saturated heterocycles. The van der Waals surface area contributed by atoms with Crippen LogP contribution in [0.15, 0.2) is 77.7 Å². The number of nitrogens with one attached hydrogen (secondary N) is 1. The van der Waals surface area contributed by atoms with E-state index in [9.17, 15) is 18.0 Å². The van der Waals surface area contributed by atoms with E-state index < -0.39 is 28.5 Å². The second kappa shape index (κ2) is 13.5. The van der Waals surface area contributed by atoms with Crippen LogP contribution in [0.25, 0.3) is 0 Å². The highest BCUT2D eigenvalue weighted by molar-refractivity contribution is 7.92. The number of methoxy groups -OCH3 is 1. The molecule has 1 N–H and O–H groups in total. The van der Waals surface area contributed by atoms with Gasteiger partial charge in [-0.15, -0.1) is 0 Å². The minimum Gasteiger partial charge on any atom is -0.495 e. The number of amides is 2. The Morgan fingerprint density at radius 3 is 2.28 bits per heavy atom. The number of halogens is 1. The van der Waals surface area contributed by atoms with Crippen molar-refractivity contribution in [3.8, 4) is 5.75 Å². The Hall–Kier alpha value is -3.56. The van der Waals surface area contributed by atoms with Crippen LogP contribution in [0.2, 0.25) is 5.02 Å². The normalized spacial score (nSPS) is 11.9. The summed E-state index contributed by atoms with van der Waals surface area (Å²) in [7, 11) is -2.72. The first-order chi connectivity index (χ1) is 18.6. The van der Waals surface area contributed by atoms with Crippen LogP contribution in [-0.4, -0.2) is 51.4 Å². The van der Waals surface area contributed by atoms with E-state index in [1.165, 1.54) is 36.3 Å². The number of anilines is 1. The smallest absolute Gasteiger partial charge is 0.264 e. The Labute approximate surface area is 235 Å². The van der Waals surface area contributed by atoms with E-state index >= 15 is 0 Å². The molecule has 8 nitrogen and oxygen atoms in total. The lowest BCUT2D eigenvalue weighted by atomic mass is 10.1. The Morgan fingerprint density at radius 1 is 1.03 bits per heavy atom. The number of benzene rings is 3. The number of ether oxygens (including phenoxy) is 1. The molecule has 2 amide bonds. The molecule has 0 saturated carbocycles. The monoisotopic (exact) mass is 571 g/mol. The van der Waals surface area contributed by atoms with E-state index in [0.29, 0.717) is 12.3 Å². The molecule has 39 heavy (non-hydrogen) atoms. The molecule has 0 aromatic heterocycles. The van der Waals surface area contributed by atoms with E-state index in [4.69, 9.17) is 16.3 Å². The fourth-order valence-corrected chi connectivity index (χ4v) is 5.61. The van der Waals surface area contributed by atoms with Crippen LogP contribution in [-0.2, 0) is 26.2 Å².